The van der Waals surface area contributed by atoms with Crippen molar-refractivity contribution in [3.8, 4) is 5.75 Å². The summed E-state index contributed by atoms with van der Waals surface area (Å²) >= 11 is 0. The average Bonchev–Trinajstić information content (AvgIpc) is 2.36. The van der Waals surface area contributed by atoms with Gasteiger partial charge in [0.05, 0.1) is 13.2 Å². The third-order valence-electron chi connectivity index (χ3n) is 2.38. The minimum atomic E-state index is -0.114. The molecule has 1 aromatic rings. The van der Waals surface area contributed by atoms with Gasteiger partial charge in [-0.25, -0.2) is 0 Å². The number of aliphatic hydroxyl groups is 1. The van der Waals surface area contributed by atoms with E-state index in [1.165, 1.54) is 0 Å². The van der Waals surface area contributed by atoms with Crippen LogP contribution >= 0.6 is 0 Å². The van der Waals surface area contributed by atoms with Gasteiger partial charge in [0.25, 0.3) is 0 Å². The number of benzene rings is 1. The molecule has 0 saturated heterocycles. The van der Waals surface area contributed by atoms with Gasteiger partial charge in [0, 0.05) is 18.7 Å². The summed E-state index contributed by atoms with van der Waals surface area (Å²) in [4.78, 5) is 11.0. The number of nitrogen functional groups attached to an aromatic ring is 1. The number of nitrogens with two attached hydrogens (primary N) is 1. The van der Waals surface area contributed by atoms with Crippen LogP contribution in [0.15, 0.2) is 24.3 Å². The molecule has 0 atom stereocenters. The lowest BCUT2D eigenvalue weighted by atomic mass is 10.3. The van der Waals surface area contributed by atoms with Gasteiger partial charge in [-0.15, -0.1) is 0 Å². The van der Waals surface area contributed by atoms with Crippen LogP contribution < -0.4 is 15.8 Å². The molecule has 0 unspecified atom stereocenters. The normalized spacial score (nSPS) is 10.1. The van der Waals surface area contributed by atoms with Gasteiger partial charge in [-0.1, -0.05) is 0 Å². The summed E-state index contributed by atoms with van der Waals surface area (Å²) in [5.41, 5.74) is 6.28. The summed E-state index contributed by atoms with van der Waals surface area (Å²) in [6, 6.07) is 7.26. The number of carbonyl (C=O) groups is 1. The number of ether oxygens (including phenoxy) is 1. The Balaban J connectivity index is 2.02. The van der Waals surface area contributed by atoms with Gasteiger partial charge in [-0.3, -0.25) is 4.79 Å². The lowest BCUT2D eigenvalue weighted by Crippen LogP contribution is -2.25. The molecule has 0 aliphatic rings. The van der Waals surface area contributed by atoms with E-state index in [1.807, 2.05) is 12.1 Å². The molecule has 0 aliphatic heterocycles. The Labute approximate surface area is 107 Å². The Morgan fingerprint density at radius 1 is 1.28 bits per heavy atom. The molecule has 0 bridgehead atoms. The van der Waals surface area contributed by atoms with Crippen LogP contribution in [0, 0.1) is 0 Å². The van der Waals surface area contributed by atoms with E-state index in [1.54, 1.807) is 12.1 Å². The quantitative estimate of drug-likeness (QED) is 0.474. The molecule has 5 heteroatoms. The zero-order valence-electron chi connectivity index (χ0n) is 10.4. The van der Waals surface area contributed by atoms with Gasteiger partial charge in [-0.2, -0.15) is 0 Å². The average molecular weight is 252 g/mol. The molecule has 1 rings (SSSR count). The first kappa shape index (κ1) is 14.3. The van der Waals surface area contributed by atoms with Crippen molar-refractivity contribution in [3.05, 3.63) is 24.3 Å². The molecule has 0 aromatic heterocycles. The summed E-state index contributed by atoms with van der Waals surface area (Å²) in [7, 11) is 0. The van der Waals surface area contributed by atoms with Crippen molar-refractivity contribution in [1.82, 2.24) is 5.32 Å². The zero-order valence-corrected chi connectivity index (χ0v) is 10.4. The highest BCUT2D eigenvalue weighted by Gasteiger charge is 1.98. The van der Waals surface area contributed by atoms with Crippen LogP contribution in [0.3, 0.4) is 0 Å². The lowest BCUT2D eigenvalue weighted by molar-refractivity contribution is -0.121. The predicted octanol–water partition coefficient (Wildman–Crippen LogP) is 0.926. The highest BCUT2D eigenvalue weighted by Crippen LogP contribution is 2.13. The molecular formula is C13H20N2O3. The smallest absolute Gasteiger partial charge is 0.222 e. The maximum absolute atomic E-state index is 11.0. The number of amides is 1. The molecule has 0 radical (unpaired) electrons. The van der Waals surface area contributed by atoms with Crippen LogP contribution in [0.5, 0.6) is 5.75 Å². The minimum Gasteiger partial charge on any atom is -0.494 e. The maximum Gasteiger partial charge on any atom is 0.222 e. The fourth-order valence-electron chi connectivity index (χ4n) is 1.40. The SMILES string of the molecule is Nc1ccc(OCCCCNC(=O)CCO)cc1. The van der Waals surface area contributed by atoms with Crippen LogP contribution in [-0.4, -0.2) is 30.8 Å². The van der Waals surface area contributed by atoms with Crippen molar-refractivity contribution < 1.29 is 14.6 Å². The van der Waals surface area contributed by atoms with Crippen LogP contribution in [0.2, 0.25) is 0 Å². The highest BCUT2D eigenvalue weighted by molar-refractivity contribution is 5.75. The summed E-state index contributed by atoms with van der Waals surface area (Å²) in [6.07, 6.45) is 1.89. The number of carbonyl (C=O) groups excluding carboxylic acids is 1. The molecule has 0 aliphatic carbocycles. The van der Waals surface area contributed by atoms with E-state index in [2.05, 4.69) is 5.32 Å². The summed E-state index contributed by atoms with van der Waals surface area (Å²) in [5.74, 6) is 0.686. The predicted molar refractivity (Wildman–Crippen MR) is 70.3 cm³/mol. The van der Waals surface area contributed by atoms with Crippen LogP contribution in [-0.2, 0) is 4.79 Å². The molecule has 4 N–H and O–H groups in total. The first-order valence-corrected chi connectivity index (χ1v) is 6.08. The van der Waals surface area contributed by atoms with E-state index in [9.17, 15) is 4.79 Å². The fraction of sp³-hybridized carbons (Fsp3) is 0.462. The van der Waals surface area contributed by atoms with Crippen molar-refractivity contribution in [2.24, 2.45) is 0 Å². The zero-order chi connectivity index (χ0) is 13.2. The van der Waals surface area contributed by atoms with E-state index in [-0.39, 0.29) is 18.9 Å². The number of unbranched alkanes of at least 4 members (excludes halogenated alkanes) is 1. The Hall–Kier alpha value is -1.75. The van der Waals surface area contributed by atoms with Crippen molar-refractivity contribution in [2.45, 2.75) is 19.3 Å². The molecule has 0 heterocycles. The standard InChI is InChI=1S/C13H20N2O3/c14-11-3-5-12(6-4-11)18-10-2-1-8-15-13(17)7-9-16/h3-6,16H,1-2,7-10,14H2,(H,15,17). The largest absolute Gasteiger partial charge is 0.494 e. The maximum atomic E-state index is 11.0. The van der Waals surface area contributed by atoms with Crippen molar-refractivity contribution >= 4 is 11.6 Å². The Morgan fingerprint density at radius 2 is 2.00 bits per heavy atom. The van der Waals surface area contributed by atoms with Gasteiger partial charge in [0.2, 0.25) is 5.91 Å². The number of hydrogen-bond acceptors (Lipinski definition) is 4. The number of nitrogens with one attached hydrogen (secondary N) is 1. The van der Waals surface area contributed by atoms with Crippen LogP contribution in [0.1, 0.15) is 19.3 Å². The van der Waals surface area contributed by atoms with Gasteiger partial charge in [0.1, 0.15) is 5.75 Å². The first-order valence-electron chi connectivity index (χ1n) is 6.08. The molecule has 100 valence electrons. The number of hydrogen-bond donors (Lipinski definition) is 3. The van der Waals surface area contributed by atoms with E-state index in [4.69, 9.17) is 15.6 Å². The number of rotatable bonds is 8. The molecule has 18 heavy (non-hydrogen) atoms. The van der Waals surface area contributed by atoms with Crippen LogP contribution in [0.25, 0.3) is 0 Å². The third kappa shape index (κ3) is 6.10. The summed E-state index contributed by atoms with van der Waals surface area (Å²) in [5, 5.41) is 11.3. The van der Waals surface area contributed by atoms with Gasteiger partial charge in [-0.05, 0) is 37.1 Å². The Bertz CT molecular complexity index is 352. The fourth-order valence-corrected chi connectivity index (χ4v) is 1.40. The first-order chi connectivity index (χ1) is 8.72. The molecule has 0 fully saturated rings. The van der Waals surface area contributed by atoms with Crippen molar-refractivity contribution in [3.63, 3.8) is 0 Å². The Kier molecular flexibility index (Phi) is 6.64. The molecule has 0 spiro atoms. The van der Waals surface area contributed by atoms with E-state index < -0.39 is 0 Å². The Morgan fingerprint density at radius 3 is 2.67 bits per heavy atom. The molecule has 0 saturated carbocycles. The lowest BCUT2D eigenvalue weighted by Gasteiger charge is -2.07. The summed E-state index contributed by atoms with van der Waals surface area (Å²) < 4.78 is 5.51. The van der Waals surface area contributed by atoms with E-state index in [0.717, 1.165) is 18.6 Å². The van der Waals surface area contributed by atoms with Gasteiger partial charge in [0.15, 0.2) is 0 Å². The van der Waals surface area contributed by atoms with E-state index in [0.29, 0.717) is 18.8 Å². The molecule has 1 amide bonds. The monoisotopic (exact) mass is 252 g/mol. The third-order valence-corrected chi connectivity index (χ3v) is 2.38. The van der Waals surface area contributed by atoms with Crippen LogP contribution in [0.4, 0.5) is 5.69 Å². The second kappa shape index (κ2) is 8.36. The molecular weight excluding hydrogens is 232 g/mol. The second-order valence-corrected chi connectivity index (χ2v) is 3.95. The molecule has 5 nitrogen and oxygen atoms in total. The topological polar surface area (TPSA) is 84.6 Å². The van der Waals surface area contributed by atoms with Gasteiger partial charge >= 0.3 is 0 Å². The highest BCUT2D eigenvalue weighted by atomic mass is 16.5. The van der Waals surface area contributed by atoms with Crippen molar-refractivity contribution in [1.29, 1.82) is 0 Å². The van der Waals surface area contributed by atoms with Crippen molar-refractivity contribution in [2.75, 3.05) is 25.5 Å². The second-order valence-electron chi connectivity index (χ2n) is 3.95. The van der Waals surface area contributed by atoms with E-state index >= 15 is 0 Å². The number of anilines is 1. The summed E-state index contributed by atoms with van der Waals surface area (Å²) in [6.45, 7) is 1.12. The minimum absolute atomic E-state index is 0.105. The molecule has 1 aromatic carbocycles. The van der Waals surface area contributed by atoms with Gasteiger partial charge < -0.3 is 20.9 Å². The number of aliphatic hydroxyl groups excluding tert-OH is 1.